The Balaban J connectivity index is 0.000000313. The molecule has 0 amide bonds. The molecule has 1 aliphatic carbocycles. The quantitative estimate of drug-likeness (QED) is 0.379. The molecule has 144 valence electrons. The van der Waals surface area contributed by atoms with Gasteiger partial charge in [-0.3, -0.25) is 0 Å². The summed E-state index contributed by atoms with van der Waals surface area (Å²) in [6.45, 7) is 13.2. The van der Waals surface area contributed by atoms with E-state index in [2.05, 4.69) is 102 Å². The fourth-order valence-corrected chi connectivity index (χ4v) is 3.60. The van der Waals surface area contributed by atoms with Gasteiger partial charge in [0.25, 0.3) is 0 Å². The minimum Gasteiger partial charge on any atom is -0.0776 e. The lowest BCUT2D eigenvalue weighted by Crippen LogP contribution is -2.15. The molecule has 0 fully saturated rings. The van der Waals surface area contributed by atoms with Crippen LogP contribution in [0.25, 0.3) is 11.1 Å². The fraction of sp³-hybridized carbons (Fsp3) is 0.333. The molecule has 0 unspecified atom stereocenters. The lowest BCUT2D eigenvalue weighted by Gasteiger charge is -2.22. The van der Waals surface area contributed by atoms with Crippen LogP contribution in [0.1, 0.15) is 62.1 Å². The Morgan fingerprint density at radius 1 is 0.481 bits per heavy atom. The molecule has 3 aromatic rings. The summed E-state index contributed by atoms with van der Waals surface area (Å²) in [6, 6.07) is 22.1. The molecule has 0 bridgehead atoms. The monoisotopic (exact) mass is 360 g/mol. The molecule has 0 spiro atoms. The zero-order valence-electron chi connectivity index (χ0n) is 16.3. The molecular weight excluding hydrogens is 324 g/mol. The van der Waals surface area contributed by atoms with Gasteiger partial charge in [-0.2, -0.15) is 0 Å². The highest BCUT2D eigenvalue weighted by Crippen LogP contribution is 2.48. The molecule has 3 aromatic carbocycles. The van der Waals surface area contributed by atoms with Crippen molar-refractivity contribution < 1.29 is 0 Å². The van der Waals surface area contributed by atoms with Gasteiger partial charge in [-0.05, 0) is 49.9 Å². The Kier molecular flexibility index (Phi) is 7.20. The topological polar surface area (TPSA) is 0 Å². The van der Waals surface area contributed by atoms with Crippen LogP contribution in [0.4, 0.5) is 0 Å². The maximum absolute atomic E-state index is 2.34. The van der Waals surface area contributed by atoms with Crippen LogP contribution in [-0.2, 0) is 5.41 Å². The zero-order valence-corrected chi connectivity index (χ0v) is 16.3. The predicted octanol–water partition coefficient (Wildman–Crippen LogP) is 8.19. The summed E-state index contributed by atoms with van der Waals surface area (Å²) in [5, 5.41) is 0. The van der Waals surface area contributed by atoms with E-state index in [1.54, 1.807) is 0 Å². The Hall–Kier alpha value is -2.34. The van der Waals surface area contributed by atoms with E-state index < -0.39 is 0 Å². The first-order chi connectivity index (χ1) is 11.8. The van der Waals surface area contributed by atoms with Crippen molar-refractivity contribution in [3.8, 4) is 11.1 Å². The zero-order chi connectivity index (χ0) is 18.2. The molecule has 0 nitrogen and oxygen atoms in total. The number of fused-ring (bicyclic) bond motifs is 3. The second-order valence-corrected chi connectivity index (χ2v) is 7.88. The summed E-state index contributed by atoms with van der Waals surface area (Å²) < 4.78 is 0. The Bertz CT molecular complexity index is 821. The van der Waals surface area contributed by atoms with E-state index in [1.165, 1.54) is 44.5 Å². The second kappa shape index (κ2) is 8.57. The van der Waals surface area contributed by atoms with Gasteiger partial charge >= 0.3 is 0 Å². The number of benzene rings is 3. The largest absolute Gasteiger partial charge is 0.0776 e. The molecule has 0 heterocycles. The molecule has 0 saturated heterocycles. The molecule has 0 radical (unpaired) electrons. The molecule has 0 aromatic heterocycles. The van der Waals surface area contributed by atoms with Crippen molar-refractivity contribution in [1.29, 1.82) is 0 Å². The van der Waals surface area contributed by atoms with Crippen molar-refractivity contribution in [2.45, 2.75) is 61.8 Å². The first-order valence-corrected chi connectivity index (χ1v) is 9.05. The molecule has 0 heteroatoms. The van der Waals surface area contributed by atoms with Gasteiger partial charge in [-0.25, -0.2) is 0 Å². The van der Waals surface area contributed by atoms with Crippen LogP contribution in [0.5, 0.6) is 0 Å². The maximum Gasteiger partial charge on any atom is 0.0159 e. The average molecular weight is 361 g/mol. The van der Waals surface area contributed by atoms with Crippen LogP contribution >= 0.6 is 0 Å². The van der Waals surface area contributed by atoms with Crippen molar-refractivity contribution in [1.82, 2.24) is 0 Å². The first kappa shape index (κ1) is 22.7. The summed E-state index contributed by atoms with van der Waals surface area (Å²) in [4.78, 5) is 0. The molecule has 1 aliphatic rings. The number of rotatable bonds is 0. The van der Waals surface area contributed by atoms with E-state index in [0.29, 0.717) is 0 Å². The van der Waals surface area contributed by atoms with Gasteiger partial charge < -0.3 is 0 Å². The van der Waals surface area contributed by atoms with Crippen LogP contribution in [0.2, 0.25) is 0 Å². The first-order valence-electron chi connectivity index (χ1n) is 9.05. The predicted molar refractivity (Wildman–Crippen MR) is 123 cm³/mol. The van der Waals surface area contributed by atoms with Gasteiger partial charge in [-0.15, -0.1) is 0 Å². The van der Waals surface area contributed by atoms with E-state index in [1.807, 2.05) is 0 Å². The summed E-state index contributed by atoms with van der Waals surface area (Å²) in [5.41, 5.74) is 11.3. The summed E-state index contributed by atoms with van der Waals surface area (Å²) >= 11 is 0. The van der Waals surface area contributed by atoms with E-state index in [4.69, 9.17) is 0 Å². The highest BCUT2D eigenvalue weighted by Gasteiger charge is 2.35. The highest BCUT2D eigenvalue weighted by molar-refractivity contribution is 5.81. The summed E-state index contributed by atoms with van der Waals surface area (Å²) in [5.74, 6) is 0. The minimum atomic E-state index is 0. The third kappa shape index (κ3) is 4.50. The van der Waals surface area contributed by atoms with Gasteiger partial charge in [0.1, 0.15) is 0 Å². The molecule has 27 heavy (non-hydrogen) atoms. The fourth-order valence-electron chi connectivity index (χ4n) is 3.60. The minimum absolute atomic E-state index is 0. The van der Waals surface area contributed by atoms with E-state index in [-0.39, 0.29) is 20.3 Å². The van der Waals surface area contributed by atoms with Crippen molar-refractivity contribution in [2.24, 2.45) is 0 Å². The molecule has 0 N–H and O–H groups in total. The van der Waals surface area contributed by atoms with E-state index >= 15 is 0 Å². The van der Waals surface area contributed by atoms with Crippen molar-refractivity contribution in [3.05, 3.63) is 94.0 Å². The van der Waals surface area contributed by atoms with Crippen LogP contribution in [0.15, 0.2) is 60.7 Å². The maximum atomic E-state index is 2.34. The lowest BCUT2D eigenvalue weighted by molar-refractivity contribution is 0.659. The third-order valence-electron chi connectivity index (χ3n) is 5.21. The van der Waals surface area contributed by atoms with Gasteiger partial charge in [0.05, 0.1) is 0 Å². The molecule has 4 rings (SSSR count). The van der Waals surface area contributed by atoms with Gasteiger partial charge in [0.2, 0.25) is 0 Å². The SMILES string of the molecule is C.C.Cc1ccc(C)cc1.Cc1ccc2c(c1)C(C)(C)c1cc(C)ccc1-2. The summed E-state index contributed by atoms with van der Waals surface area (Å²) in [6.07, 6.45) is 0. The van der Waals surface area contributed by atoms with Crippen molar-refractivity contribution in [2.75, 3.05) is 0 Å². The van der Waals surface area contributed by atoms with E-state index in [9.17, 15) is 0 Å². The normalized spacial score (nSPS) is 12.5. The molecule has 0 saturated carbocycles. The Morgan fingerprint density at radius 3 is 1.11 bits per heavy atom. The number of hydrogen-bond acceptors (Lipinski definition) is 0. The second-order valence-electron chi connectivity index (χ2n) is 7.88. The van der Waals surface area contributed by atoms with Gasteiger partial charge in [-0.1, -0.05) is 112 Å². The Labute approximate surface area is 167 Å². The van der Waals surface area contributed by atoms with Crippen molar-refractivity contribution >= 4 is 0 Å². The van der Waals surface area contributed by atoms with E-state index in [0.717, 1.165) is 0 Å². The van der Waals surface area contributed by atoms with Gasteiger partial charge in [0, 0.05) is 5.41 Å². The number of hydrogen-bond donors (Lipinski definition) is 0. The smallest absolute Gasteiger partial charge is 0.0159 e. The molecule has 0 aliphatic heterocycles. The van der Waals surface area contributed by atoms with Crippen LogP contribution < -0.4 is 0 Å². The molecular formula is C27H36. The van der Waals surface area contributed by atoms with Crippen LogP contribution in [-0.4, -0.2) is 0 Å². The third-order valence-corrected chi connectivity index (χ3v) is 5.21. The van der Waals surface area contributed by atoms with Gasteiger partial charge in [0.15, 0.2) is 0 Å². The molecule has 0 atom stereocenters. The average Bonchev–Trinajstić information content (AvgIpc) is 2.78. The highest BCUT2D eigenvalue weighted by atomic mass is 14.4. The van der Waals surface area contributed by atoms with Crippen LogP contribution in [0.3, 0.4) is 0 Å². The van der Waals surface area contributed by atoms with Crippen LogP contribution in [0, 0.1) is 27.7 Å². The standard InChI is InChI=1S/C17H18.C8H10.2CH4/c1-11-5-7-13-14-8-6-12(2)10-16(14)17(3,4)15(13)9-11;1-7-3-5-8(2)6-4-7;;/h5-10H,1-4H3;3-6H,1-2H3;2*1H4. The Morgan fingerprint density at radius 2 is 0.778 bits per heavy atom. The number of aryl methyl sites for hydroxylation is 4. The summed E-state index contributed by atoms with van der Waals surface area (Å²) in [7, 11) is 0. The lowest BCUT2D eigenvalue weighted by atomic mass is 9.81. The van der Waals surface area contributed by atoms with Crippen molar-refractivity contribution in [3.63, 3.8) is 0 Å².